The normalized spacial score (nSPS) is 17.5. The third kappa shape index (κ3) is 7.95. The van der Waals surface area contributed by atoms with Crippen LogP contribution in [0.5, 0.6) is 0 Å². The highest BCUT2D eigenvalue weighted by Crippen LogP contribution is 2.20. The van der Waals surface area contributed by atoms with Crippen molar-refractivity contribution in [3.05, 3.63) is 83.9 Å². The van der Waals surface area contributed by atoms with Crippen LogP contribution in [0.2, 0.25) is 0 Å². The van der Waals surface area contributed by atoms with Gasteiger partial charge in [-0.05, 0) is 49.2 Å². The molecule has 0 spiro atoms. The summed E-state index contributed by atoms with van der Waals surface area (Å²) in [5.74, 6) is -1.41. The van der Waals surface area contributed by atoms with Gasteiger partial charge >= 0.3 is 0 Å². The lowest BCUT2D eigenvalue weighted by Crippen LogP contribution is -2.32. The van der Waals surface area contributed by atoms with Gasteiger partial charge in [0.2, 0.25) is 0 Å². The molecule has 0 aromatic heterocycles. The van der Waals surface area contributed by atoms with Gasteiger partial charge < -0.3 is 25.6 Å². The molecule has 0 aliphatic carbocycles. The molecule has 3 aromatic carbocycles. The fraction of sp³-hybridized carbons (Fsp3) is 0.333. The van der Waals surface area contributed by atoms with Crippen LogP contribution in [0.4, 0.5) is 0 Å². The molecule has 4 rings (SSSR count). The van der Waals surface area contributed by atoms with Gasteiger partial charge in [0, 0.05) is 33.0 Å². The molecule has 34 heavy (non-hydrogen) atoms. The van der Waals surface area contributed by atoms with Crippen LogP contribution < -0.4 is 10.6 Å². The Morgan fingerprint density at radius 1 is 0.912 bits per heavy atom. The van der Waals surface area contributed by atoms with Gasteiger partial charge in [-0.15, -0.1) is 0 Å². The number of hydrogen-bond acceptors (Lipinski definition) is 5. The highest BCUT2D eigenvalue weighted by Gasteiger charge is 2.26. The molecule has 0 unspecified atom stereocenters. The standard InChI is InChI=1S/C24H24N2O3.C3H8O2.2H2/c27-23(19-8-2-1-3-9-19)25-14-17-13-20(29-16-17)15-26-24(28)22-12-6-10-18-7-4-5-11-21(18)22;1-3(2,4)5;;/h1-12,17,20H,13-16H2,(H,25,27)(H,26,28);4-5H,1-2H3;2*1H/t17-,20+;;;/m1.../s1. The fourth-order valence-electron chi connectivity index (χ4n) is 3.72. The van der Waals surface area contributed by atoms with Crippen LogP contribution in [0, 0.1) is 5.92 Å². The van der Waals surface area contributed by atoms with E-state index in [4.69, 9.17) is 14.9 Å². The summed E-state index contributed by atoms with van der Waals surface area (Å²) in [6.07, 6.45) is 0.776. The second-order valence-corrected chi connectivity index (χ2v) is 8.86. The minimum absolute atomic E-state index is 0. The number of carbonyl (C=O) groups excluding carboxylic acids is 2. The summed E-state index contributed by atoms with van der Waals surface area (Å²) in [7, 11) is 0. The summed E-state index contributed by atoms with van der Waals surface area (Å²) in [4.78, 5) is 24.8. The average molecular weight is 469 g/mol. The van der Waals surface area contributed by atoms with Gasteiger partial charge in [-0.2, -0.15) is 0 Å². The van der Waals surface area contributed by atoms with Crippen LogP contribution >= 0.6 is 0 Å². The summed E-state index contributed by atoms with van der Waals surface area (Å²) in [5, 5.41) is 24.1. The Morgan fingerprint density at radius 2 is 1.53 bits per heavy atom. The van der Waals surface area contributed by atoms with E-state index in [0.29, 0.717) is 30.8 Å². The number of hydrogen-bond donors (Lipinski definition) is 4. The first-order chi connectivity index (χ1) is 16.2. The first-order valence-corrected chi connectivity index (χ1v) is 11.4. The van der Waals surface area contributed by atoms with Crippen LogP contribution in [-0.2, 0) is 4.74 Å². The van der Waals surface area contributed by atoms with Crippen molar-refractivity contribution >= 4 is 22.6 Å². The molecule has 2 atom stereocenters. The lowest BCUT2D eigenvalue weighted by Gasteiger charge is -2.13. The summed E-state index contributed by atoms with van der Waals surface area (Å²) in [6, 6.07) is 22.8. The largest absolute Gasteiger partial charge is 0.376 e. The van der Waals surface area contributed by atoms with Gasteiger partial charge in [-0.25, -0.2) is 0 Å². The third-order valence-electron chi connectivity index (χ3n) is 5.28. The molecule has 2 amide bonds. The number of carbonyl (C=O) groups is 2. The Balaban J connectivity index is 0.000000846. The first-order valence-electron chi connectivity index (χ1n) is 11.4. The van der Waals surface area contributed by atoms with Crippen molar-refractivity contribution in [3.8, 4) is 0 Å². The molecule has 3 aromatic rings. The molecule has 1 saturated heterocycles. The average Bonchev–Trinajstić information content (AvgIpc) is 3.28. The van der Waals surface area contributed by atoms with E-state index >= 15 is 0 Å². The molecule has 0 saturated carbocycles. The predicted molar refractivity (Wildman–Crippen MR) is 136 cm³/mol. The van der Waals surface area contributed by atoms with Gasteiger partial charge in [0.05, 0.1) is 12.7 Å². The minimum atomic E-state index is -1.50. The predicted octanol–water partition coefficient (Wildman–Crippen LogP) is 3.60. The molecule has 1 aliphatic rings. The van der Waals surface area contributed by atoms with Crippen LogP contribution in [0.3, 0.4) is 0 Å². The second kappa shape index (κ2) is 11.7. The summed E-state index contributed by atoms with van der Waals surface area (Å²) < 4.78 is 5.81. The summed E-state index contributed by atoms with van der Waals surface area (Å²) >= 11 is 0. The number of benzene rings is 3. The first kappa shape index (κ1) is 25.4. The van der Waals surface area contributed by atoms with Crippen molar-refractivity contribution in [2.75, 3.05) is 19.7 Å². The van der Waals surface area contributed by atoms with Gasteiger partial charge in [-0.3, -0.25) is 9.59 Å². The SMILES string of the molecule is CC(C)(O)O.O=C(NC[C@@H]1CO[C@H](CNC(=O)c2cccc3ccccc23)C1)c1ccccc1.[HH].[HH]. The molecule has 1 aliphatic heterocycles. The topological polar surface area (TPSA) is 108 Å². The number of aliphatic hydroxyl groups is 2. The molecule has 1 fully saturated rings. The van der Waals surface area contributed by atoms with Crippen LogP contribution in [0.15, 0.2) is 72.8 Å². The van der Waals surface area contributed by atoms with Crippen molar-refractivity contribution in [2.45, 2.75) is 32.2 Å². The van der Waals surface area contributed by atoms with Crippen molar-refractivity contribution in [3.63, 3.8) is 0 Å². The van der Waals surface area contributed by atoms with E-state index in [-0.39, 0.29) is 26.7 Å². The lowest BCUT2D eigenvalue weighted by atomic mass is 10.0. The Kier molecular flexibility index (Phi) is 8.76. The zero-order valence-electron chi connectivity index (χ0n) is 19.5. The fourth-order valence-corrected chi connectivity index (χ4v) is 3.72. The van der Waals surface area contributed by atoms with Gasteiger partial charge in [0.1, 0.15) is 0 Å². The molecule has 7 heteroatoms. The van der Waals surface area contributed by atoms with E-state index in [1.807, 2.05) is 60.7 Å². The number of rotatable bonds is 6. The van der Waals surface area contributed by atoms with E-state index in [2.05, 4.69) is 10.6 Å². The van der Waals surface area contributed by atoms with Crippen molar-refractivity contribution in [2.24, 2.45) is 5.92 Å². The molecular formula is C27H36N2O5. The molecular weight excluding hydrogens is 432 g/mol. The number of amides is 2. The van der Waals surface area contributed by atoms with Gasteiger partial charge in [0.25, 0.3) is 11.8 Å². The second-order valence-electron chi connectivity index (χ2n) is 8.86. The smallest absolute Gasteiger partial charge is 0.252 e. The maximum atomic E-state index is 12.6. The van der Waals surface area contributed by atoms with Crippen molar-refractivity contribution in [1.82, 2.24) is 10.6 Å². The van der Waals surface area contributed by atoms with Crippen LogP contribution in [-0.4, -0.2) is 53.6 Å². The van der Waals surface area contributed by atoms with Gasteiger partial charge in [0.15, 0.2) is 5.79 Å². The van der Waals surface area contributed by atoms with E-state index < -0.39 is 5.79 Å². The highest BCUT2D eigenvalue weighted by atomic mass is 16.5. The Hall–Kier alpha value is -3.26. The lowest BCUT2D eigenvalue weighted by molar-refractivity contribution is -0.127. The third-order valence-corrected chi connectivity index (χ3v) is 5.28. The van der Waals surface area contributed by atoms with Crippen molar-refractivity contribution in [1.29, 1.82) is 0 Å². The number of nitrogens with one attached hydrogen (secondary N) is 2. The summed E-state index contributed by atoms with van der Waals surface area (Å²) in [6.45, 7) is 4.22. The Labute approximate surface area is 202 Å². The minimum Gasteiger partial charge on any atom is -0.376 e. The molecule has 4 N–H and O–H groups in total. The molecule has 0 radical (unpaired) electrons. The van der Waals surface area contributed by atoms with E-state index in [1.165, 1.54) is 13.8 Å². The van der Waals surface area contributed by atoms with E-state index in [1.54, 1.807) is 12.1 Å². The Morgan fingerprint density at radius 3 is 2.26 bits per heavy atom. The number of fused-ring (bicyclic) bond motifs is 1. The van der Waals surface area contributed by atoms with Crippen LogP contribution in [0.25, 0.3) is 10.8 Å². The maximum absolute atomic E-state index is 12.6. The quantitative estimate of drug-likeness (QED) is 0.414. The van der Waals surface area contributed by atoms with Crippen LogP contribution in [0.1, 0.15) is 43.8 Å². The highest BCUT2D eigenvalue weighted by molar-refractivity contribution is 6.07. The number of ether oxygens (including phenoxy) is 1. The monoisotopic (exact) mass is 468 g/mol. The molecule has 1 heterocycles. The molecule has 184 valence electrons. The van der Waals surface area contributed by atoms with E-state index in [0.717, 1.165) is 17.2 Å². The molecule has 7 nitrogen and oxygen atoms in total. The molecule has 0 bridgehead atoms. The van der Waals surface area contributed by atoms with Crippen molar-refractivity contribution < 1.29 is 27.4 Å². The Bertz CT molecular complexity index is 1090. The zero-order chi connectivity index (χ0) is 24.6. The maximum Gasteiger partial charge on any atom is 0.252 e. The van der Waals surface area contributed by atoms with E-state index in [9.17, 15) is 9.59 Å². The van der Waals surface area contributed by atoms with Gasteiger partial charge in [-0.1, -0.05) is 54.6 Å². The zero-order valence-corrected chi connectivity index (χ0v) is 19.5. The summed E-state index contributed by atoms with van der Waals surface area (Å²) in [5.41, 5.74) is 1.33.